The van der Waals surface area contributed by atoms with Crippen LogP contribution in [0.2, 0.25) is 0 Å². The molecule has 1 aromatic rings. The molecule has 1 heterocycles. The third-order valence-electron chi connectivity index (χ3n) is 5.43. The molecular weight excluding hydrogens is 337 g/mol. The summed E-state index contributed by atoms with van der Waals surface area (Å²) in [4.78, 5) is 28.4. The number of aliphatic hydroxyl groups is 1. The van der Waals surface area contributed by atoms with Crippen LogP contribution in [-0.4, -0.2) is 66.1 Å². The van der Waals surface area contributed by atoms with Crippen molar-refractivity contribution in [3.8, 4) is 0 Å². The Hall–Kier alpha value is -1.99. The largest absolute Gasteiger partial charge is 0.396 e. The minimum atomic E-state index is -0.609. The molecule has 3 rings (SSSR count). The van der Waals surface area contributed by atoms with Crippen LogP contribution in [0.5, 0.6) is 0 Å². The number of nitrogens with zero attached hydrogens (tertiary/aromatic N) is 2. The Kier molecular flexibility index (Phi) is 5.58. The van der Waals surface area contributed by atoms with Gasteiger partial charge in [0.05, 0.1) is 19.1 Å². The van der Waals surface area contributed by atoms with Crippen LogP contribution in [-0.2, 0) is 16.1 Å². The van der Waals surface area contributed by atoms with Crippen LogP contribution in [0.3, 0.4) is 0 Å². The van der Waals surface area contributed by atoms with Crippen molar-refractivity contribution >= 4 is 11.8 Å². The Bertz CT molecular complexity index is 678. The lowest BCUT2D eigenvalue weighted by Crippen LogP contribution is -2.56. The smallest absolute Gasteiger partial charge is 0.237 e. The second-order valence-corrected chi connectivity index (χ2v) is 7.48. The quantitative estimate of drug-likeness (QED) is 0.750. The maximum atomic E-state index is 14.0. The highest BCUT2D eigenvalue weighted by atomic mass is 19.1. The van der Waals surface area contributed by atoms with Crippen molar-refractivity contribution in [1.29, 1.82) is 0 Å². The molecule has 0 aromatic heterocycles. The zero-order valence-electron chi connectivity index (χ0n) is 15.1. The lowest BCUT2D eigenvalue weighted by Gasteiger charge is -2.35. The van der Waals surface area contributed by atoms with Crippen molar-refractivity contribution in [2.45, 2.75) is 31.8 Å². The van der Waals surface area contributed by atoms with Crippen LogP contribution in [0.4, 0.5) is 4.39 Å². The third kappa shape index (κ3) is 4.22. The van der Waals surface area contributed by atoms with Gasteiger partial charge in [0, 0.05) is 44.2 Å². The van der Waals surface area contributed by atoms with Gasteiger partial charge in [0.1, 0.15) is 5.82 Å². The predicted molar refractivity (Wildman–Crippen MR) is 94.6 cm³/mol. The van der Waals surface area contributed by atoms with Crippen molar-refractivity contribution in [3.05, 3.63) is 35.6 Å². The average molecular weight is 363 g/mol. The number of piperazine rings is 1. The molecule has 2 amide bonds. The summed E-state index contributed by atoms with van der Waals surface area (Å²) in [5, 5.41) is 12.2. The molecule has 1 atom stereocenters. The number of amides is 2. The van der Waals surface area contributed by atoms with Gasteiger partial charge < -0.3 is 15.3 Å². The molecule has 1 aliphatic heterocycles. The fourth-order valence-corrected chi connectivity index (χ4v) is 3.47. The van der Waals surface area contributed by atoms with Crippen LogP contribution < -0.4 is 5.32 Å². The second-order valence-electron chi connectivity index (χ2n) is 7.48. The summed E-state index contributed by atoms with van der Waals surface area (Å²) >= 11 is 0. The number of hydrogen-bond donors (Lipinski definition) is 2. The van der Waals surface area contributed by atoms with Gasteiger partial charge in [0.15, 0.2) is 0 Å². The molecule has 0 radical (unpaired) electrons. The van der Waals surface area contributed by atoms with Crippen molar-refractivity contribution in [3.63, 3.8) is 0 Å². The van der Waals surface area contributed by atoms with E-state index in [1.54, 1.807) is 30.1 Å². The van der Waals surface area contributed by atoms with E-state index in [2.05, 4.69) is 5.32 Å². The molecule has 1 saturated carbocycles. The number of carbonyl (C=O) groups excluding carboxylic acids is 2. The van der Waals surface area contributed by atoms with E-state index in [-0.39, 0.29) is 36.1 Å². The first-order valence-corrected chi connectivity index (χ1v) is 9.04. The Morgan fingerprint density at radius 1 is 1.42 bits per heavy atom. The molecule has 1 unspecified atom stereocenters. The minimum absolute atomic E-state index is 0.0539. The summed E-state index contributed by atoms with van der Waals surface area (Å²) in [5.41, 5.74) is 0.358. The first-order chi connectivity index (χ1) is 12.4. The highest BCUT2D eigenvalue weighted by Crippen LogP contribution is 2.45. The van der Waals surface area contributed by atoms with Gasteiger partial charge >= 0.3 is 0 Å². The Morgan fingerprint density at radius 2 is 2.15 bits per heavy atom. The van der Waals surface area contributed by atoms with Gasteiger partial charge in [-0.2, -0.15) is 0 Å². The maximum absolute atomic E-state index is 14.0. The molecule has 0 bridgehead atoms. The normalized spacial score (nSPS) is 22.0. The zero-order chi connectivity index (χ0) is 18.7. The molecule has 6 nitrogen and oxygen atoms in total. The van der Waals surface area contributed by atoms with E-state index in [9.17, 15) is 19.1 Å². The number of aliphatic hydroxyl groups excluding tert-OH is 1. The topological polar surface area (TPSA) is 72.9 Å². The summed E-state index contributed by atoms with van der Waals surface area (Å²) in [7, 11) is 1.71. The molecule has 0 spiro atoms. The Labute approximate surface area is 153 Å². The fourth-order valence-electron chi connectivity index (χ4n) is 3.47. The molecular formula is C19H26FN3O3. The Balaban J connectivity index is 1.65. The van der Waals surface area contributed by atoms with E-state index in [1.165, 1.54) is 6.07 Å². The van der Waals surface area contributed by atoms with Gasteiger partial charge in [-0.1, -0.05) is 18.2 Å². The van der Waals surface area contributed by atoms with E-state index in [0.29, 0.717) is 31.7 Å². The number of halogens is 1. The molecule has 2 N–H and O–H groups in total. The lowest BCUT2D eigenvalue weighted by atomic mass is 10.0. The van der Waals surface area contributed by atoms with Gasteiger partial charge in [-0.25, -0.2) is 4.39 Å². The van der Waals surface area contributed by atoms with Crippen molar-refractivity contribution in [2.75, 3.05) is 33.3 Å². The molecule has 26 heavy (non-hydrogen) atoms. The fraction of sp³-hybridized carbons (Fsp3) is 0.579. The van der Waals surface area contributed by atoms with Crippen LogP contribution in [0, 0.1) is 11.2 Å². The van der Waals surface area contributed by atoms with E-state index in [1.807, 2.05) is 4.90 Å². The lowest BCUT2D eigenvalue weighted by molar-refractivity contribution is -0.138. The summed E-state index contributed by atoms with van der Waals surface area (Å²) in [6.07, 6.45) is 1.90. The second kappa shape index (κ2) is 7.72. The average Bonchev–Trinajstić information content (AvgIpc) is 3.39. The number of carbonyl (C=O) groups is 2. The van der Waals surface area contributed by atoms with E-state index < -0.39 is 6.04 Å². The first kappa shape index (κ1) is 18.8. The Morgan fingerprint density at radius 3 is 2.81 bits per heavy atom. The summed E-state index contributed by atoms with van der Waals surface area (Å²) < 4.78 is 14.0. The van der Waals surface area contributed by atoms with Crippen molar-refractivity contribution < 1.29 is 19.1 Å². The number of nitrogens with one attached hydrogen (secondary N) is 1. The summed E-state index contributed by atoms with van der Waals surface area (Å²) in [6, 6.07) is 5.89. The molecule has 2 fully saturated rings. The highest BCUT2D eigenvalue weighted by molar-refractivity contribution is 5.88. The van der Waals surface area contributed by atoms with Crippen LogP contribution >= 0.6 is 0 Å². The van der Waals surface area contributed by atoms with Gasteiger partial charge in [-0.3, -0.25) is 14.5 Å². The molecule has 1 aliphatic carbocycles. The number of benzene rings is 1. The van der Waals surface area contributed by atoms with Crippen LogP contribution in [0.25, 0.3) is 0 Å². The van der Waals surface area contributed by atoms with E-state index >= 15 is 0 Å². The van der Waals surface area contributed by atoms with Crippen LogP contribution in [0.1, 0.15) is 24.8 Å². The molecule has 142 valence electrons. The molecule has 2 aliphatic rings. The molecule has 1 aromatic carbocycles. The minimum Gasteiger partial charge on any atom is -0.396 e. The van der Waals surface area contributed by atoms with E-state index in [4.69, 9.17) is 0 Å². The summed E-state index contributed by atoms with van der Waals surface area (Å²) in [6.45, 7) is 1.93. The highest BCUT2D eigenvalue weighted by Gasteiger charge is 2.44. The number of hydrogen-bond acceptors (Lipinski definition) is 4. The molecule has 1 saturated heterocycles. The molecule has 7 heteroatoms. The summed E-state index contributed by atoms with van der Waals surface area (Å²) in [5.74, 6) is -0.637. The standard InChI is InChI=1S/C19H26FN3O3/c1-22(12-19(13-24)6-7-19)17(25)10-16-18(26)21-8-9-23(16)11-14-4-2-3-5-15(14)20/h2-5,16,24H,6-13H2,1H3,(H,21,26). The predicted octanol–water partition coefficient (Wildman–Crippen LogP) is 0.747. The van der Waals surface area contributed by atoms with E-state index in [0.717, 1.165) is 12.8 Å². The van der Waals surface area contributed by atoms with Gasteiger partial charge in [-0.05, 0) is 18.9 Å². The monoisotopic (exact) mass is 363 g/mol. The zero-order valence-corrected chi connectivity index (χ0v) is 15.1. The maximum Gasteiger partial charge on any atom is 0.237 e. The van der Waals surface area contributed by atoms with Gasteiger partial charge in [0.25, 0.3) is 0 Å². The van der Waals surface area contributed by atoms with Gasteiger partial charge in [-0.15, -0.1) is 0 Å². The van der Waals surface area contributed by atoms with Crippen molar-refractivity contribution in [1.82, 2.24) is 15.1 Å². The van der Waals surface area contributed by atoms with Crippen molar-refractivity contribution in [2.24, 2.45) is 5.41 Å². The SMILES string of the molecule is CN(CC1(CO)CC1)C(=O)CC1C(=O)NCCN1Cc1ccccc1F. The third-order valence-corrected chi connectivity index (χ3v) is 5.43. The first-order valence-electron chi connectivity index (χ1n) is 9.04. The number of rotatable bonds is 7. The van der Waals surface area contributed by atoms with Crippen LogP contribution in [0.15, 0.2) is 24.3 Å². The van der Waals surface area contributed by atoms with Gasteiger partial charge in [0.2, 0.25) is 11.8 Å².